The van der Waals surface area contributed by atoms with Crippen LogP contribution in [0.15, 0.2) is 18.2 Å². The van der Waals surface area contributed by atoms with E-state index < -0.39 is 0 Å². The molecule has 0 amide bonds. The number of fused-ring (bicyclic) bond motifs is 1. The summed E-state index contributed by atoms with van der Waals surface area (Å²) in [6.07, 6.45) is 2.45. The number of nitrogens with two attached hydrogens (primary N) is 1. The minimum Gasteiger partial charge on any atom is -0.376 e. The predicted molar refractivity (Wildman–Crippen MR) is 68.1 cm³/mol. The minimum atomic E-state index is 0.244. The van der Waals surface area contributed by atoms with Crippen LogP contribution >= 0.6 is 11.6 Å². The van der Waals surface area contributed by atoms with Crippen LogP contribution in [-0.4, -0.2) is 22.3 Å². The van der Waals surface area contributed by atoms with E-state index in [9.17, 15) is 0 Å². The Balaban J connectivity index is 2.01. The van der Waals surface area contributed by atoms with Gasteiger partial charge in [0, 0.05) is 11.6 Å². The Kier molecular flexibility index (Phi) is 2.68. The van der Waals surface area contributed by atoms with Gasteiger partial charge in [0.05, 0.1) is 23.7 Å². The Morgan fingerprint density at radius 3 is 3.18 bits per heavy atom. The zero-order valence-corrected chi connectivity index (χ0v) is 10.2. The summed E-state index contributed by atoms with van der Waals surface area (Å²) in [6, 6.07) is 5.61. The van der Waals surface area contributed by atoms with E-state index in [0.717, 1.165) is 37.0 Å². The highest BCUT2D eigenvalue weighted by Crippen LogP contribution is 2.24. The Labute approximate surface area is 104 Å². The molecule has 0 radical (unpaired) electrons. The van der Waals surface area contributed by atoms with Crippen LogP contribution < -0.4 is 5.73 Å². The van der Waals surface area contributed by atoms with Crippen molar-refractivity contribution >= 4 is 28.6 Å². The maximum atomic E-state index is 6.00. The van der Waals surface area contributed by atoms with E-state index in [2.05, 4.69) is 4.98 Å². The molecule has 2 heterocycles. The van der Waals surface area contributed by atoms with Gasteiger partial charge >= 0.3 is 0 Å². The van der Waals surface area contributed by atoms with Gasteiger partial charge in [-0.3, -0.25) is 0 Å². The molecule has 4 nitrogen and oxygen atoms in total. The molecule has 1 aromatic carbocycles. The molecule has 0 spiro atoms. The zero-order chi connectivity index (χ0) is 11.8. The van der Waals surface area contributed by atoms with E-state index in [4.69, 9.17) is 22.1 Å². The van der Waals surface area contributed by atoms with E-state index in [1.54, 1.807) is 0 Å². The fourth-order valence-electron chi connectivity index (χ4n) is 2.30. The minimum absolute atomic E-state index is 0.244. The summed E-state index contributed by atoms with van der Waals surface area (Å²) in [4.78, 5) is 4.32. The van der Waals surface area contributed by atoms with Crippen LogP contribution in [0.4, 0.5) is 5.95 Å². The summed E-state index contributed by atoms with van der Waals surface area (Å²) in [5, 5.41) is 0.700. The zero-order valence-electron chi connectivity index (χ0n) is 9.40. The molecule has 0 aliphatic carbocycles. The number of rotatable bonds is 2. The molecule has 0 saturated carbocycles. The molecule has 1 atom stereocenters. The third kappa shape index (κ3) is 1.98. The maximum absolute atomic E-state index is 6.00. The van der Waals surface area contributed by atoms with Crippen LogP contribution in [0.2, 0.25) is 5.02 Å². The van der Waals surface area contributed by atoms with Crippen molar-refractivity contribution in [2.45, 2.75) is 25.5 Å². The van der Waals surface area contributed by atoms with Gasteiger partial charge in [0.2, 0.25) is 5.95 Å². The van der Waals surface area contributed by atoms with Crippen LogP contribution in [0.3, 0.4) is 0 Å². The lowest BCUT2D eigenvalue weighted by Crippen LogP contribution is -2.16. The molecule has 2 N–H and O–H groups in total. The third-order valence-electron chi connectivity index (χ3n) is 3.15. The maximum Gasteiger partial charge on any atom is 0.201 e. The number of benzene rings is 1. The van der Waals surface area contributed by atoms with Crippen molar-refractivity contribution in [1.29, 1.82) is 0 Å². The molecular formula is C12H14ClN3O. The van der Waals surface area contributed by atoms with Crippen molar-refractivity contribution in [2.24, 2.45) is 0 Å². The first-order chi connectivity index (χ1) is 8.24. The molecule has 1 aromatic heterocycles. The summed E-state index contributed by atoms with van der Waals surface area (Å²) in [5.74, 6) is 0.526. The molecule has 1 fully saturated rings. The van der Waals surface area contributed by atoms with Gasteiger partial charge in [0.25, 0.3) is 0 Å². The van der Waals surface area contributed by atoms with Gasteiger partial charge in [-0.15, -0.1) is 0 Å². The lowest BCUT2D eigenvalue weighted by molar-refractivity contribution is 0.0984. The summed E-state index contributed by atoms with van der Waals surface area (Å²) in [7, 11) is 0. The smallest absolute Gasteiger partial charge is 0.201 e. The van der Waals surface area contributed by atoms with Gasteiger partial charge < -0.3 is 15.0 Å². The Morgan fingerprint density at radius 2 is 2.41 bits per heavy atom. The largest absolute Gasteiger partial charge is 0.376 e. The van der Waals surface area contributed by atoms with Crippen molar-refractivity contribution in [3.8, 4) is 0 Å². The molecule has 90 valence electrons. The number of halogens is 1. The normalized spacial score (nSPS) is 20.2. The second kappa shape index (κ2) is 4.20. The first-order valence-electron chi connectivity index (χ1n) is 5.77. The van der Waals surface area contributed by atoms with Gasteiger partial charge in [0.15, 0.2) is 0 Å². The highest BCUT2D eigenvalue weighted by atomic mass is 35.5. The van der Waals surface area contributed by atoms with E-state index >= 15 is 0 Å². The Hall–Kier alpha value is -1.26. The van der Waals surface area contributed by atoms with Crippen LogP contribution in [0, 0.1) is 0 Å². The van der Waals surface area contributed by atoms with Crippen molar-refractivity contribution in [2.75, 3.05) is 12.3 Å². The Morgan fingerprint density at radius 1 is 1.53 bits per heavy atom. The van der Waals surface area contributed by atoms with Crippen LogP contribution in [0.1, 0.15) is 12.8 Å². The second-order valence-electron chi connectivity index (χ2n) is 4.35. The first kappa shape index (κ1) is 10.9. The summed E-state index contributed by atoms with van der Waals surface area (Å²) in [5.41, 5.74) is 7.79. The van der Waals surface area contributed by atoms with Gasteiger partial charge in [-0.1, -0.05) is 11.6 Å². The SMILES string of the molecule is Nc1nc2ccc(Cl)cc2n1CC1CCCO1. The number of ether oxygens (including phenoxy) is 1. The molecule has 3 rings (SSSR count). The second-order valence-corrected chi connectivity index (χ2v) is 4.79. The number of anilines is 1. The molecule has 1 aliphatic rings. The molecule has 1 saturated heterocycles. The number of aromatic nitrogens is 2. The quantitative estimate of drug-likeness (QED) is 0.892. The van der Waals surface area contributed by atoms with E-state index in [1.807, 2.05) is 22.8 Å². The molecule has 5 heteroatoms. The van der Waals surface area contributed by atoms with Gasteiger partial charge in [-0.25, -0.2) is 4.98 Å². The molecule has 1 aliphatic heterocycles. The van der Waals surface area contributed by atoms with Crippen LogP contribution in [-0.2, 0) is 11.3 Å². The van der Waals surface area contributed by atoms with Crippen molar-refractivity contribution in [3.63, 3.8) is 0 Å². The number of hydrogen-bond acceptors (Lipinski definition) is 3. The van der Waals surface area contributed by atoms with Crippen molar-refractivity contribution in [1.82, 2.24) is 9.55 Å². The number of nitrogen functional groups attached to an aromatic ring is 1. The lowest BCUT2D eigenvalue weighted by atomic mass is 10.2. The molecular weight excluding hydrogens is 238 g/mol. The standard InChI is InChI=1S/C12H14ClN3O/c13-8-3-4-10-11(6-8)16(12(14)15-10)7-9-2-1-5-17-9/h3-4,6,9H,1-2,5,7H2,(H2,14,15). The fraction of sp³-hybridized carbons (Fsp3) is 0.417. The Bertz CT molecular complexity index is 546. The highest BCUT2D eigenvalue weighted by molar-refractivity contribution is 6.31. The molecule has 0 bridgehead atoms. The molecule has 1 unspecified atom stereocenters. The van der Waals surface area contributed by atoms with Crippen LogP contribution in [0.5, 0.6) is 0 Å². The van der Waals surface area contributed by atoms with E-state index in [1.165, 1.54) is 0 Å². The topological polar surface area (TPSA) is 53.1 Å². The lowest BCUT2D eigenvalue weighted by Gasteiger charge is -2.12. The predicted octanol–water partition coefficient (Wildman–Crippen LogP) is 2.45. The third-order valence-corrected chi connectivity index (χ3v) is 3.39. The van der Waals surface area contributed by atoms with E-state index in [-0.39, 0.29) is 6.10 Å². The molecule has 17 heavy (non-hydrogen) atoms. The average Bonchev–Trinajstić information content (AvgIpc) is 2.90. The number of nitrogens with zero attached hydrogens (tertiary/aromatic N) is 2. The monoisotopic (exact) mass is 251 g/mol. The van der Waals surface area contributed by atoms with Crippen LogP contribution in [0.25, 0.3) is 11.0 Å². The fourth-order valence-corrected chi connectivity index (χ4v) is 2.46. The first-order valence-corrected chi connectivity index (χ1v) is 6.15. The highest BCUT2D eigenvalue weighted by Gasteiger charge is 2.18. The summed E-state index contributed by atoms with van der Waals surface area (Å²) < 4.78 is 7.61. The van der Waals surface area contributed by atoms with Gasteiger partial charge in [-0.05, 0) is 31.0 Å². The molecule has 2 aromatic rings. The number of imidazole rings is 1. The number of hydrogen-bond donors (Lipinski definition) is 1. The van der Waals surface area contributed by atoms with Crippen molar-refractivity contribution < 1.29 is 4.74 Å². The summed E-state index contributed by atoms with van der Waals surface area (Å²) in [6.45, 7) is 1.60. The average molecular weight is 252 g/mol. The van der Waals surface area contributed by atoms with E-state index in [0.29, 0.717) is 11.0 Å². The summed E-state index contributed by atoms with van der Waals surface area (Å²) >= 11 is 6.00. The van der Waals surface area contributed by atoms with Crippen molar-refractivity contribution in [3.05, 3.63) is 23.2 Å². The van der Waals surface area contributed by atoms with Gasteiger partial charge in [0.1, 0.15) is 0 Å². The van der Waals surface area contributed by atoms with Gasteiger partial charge in [-0.2, -0.15) is 0 Å².